The van der Waals surface area contributed by atoms with Gasteiger partial charge in [-0.15, -0.1) is 0 Å². The Hall–Kier alpha value is -5.57. The number of amides is 1. The van der Waals surface area contributed by atoms with Crippen LogP contribution in [0.4, 0.5) is 27.6 Å². The first-order valence-electron chi connectivity index (χ1n) is 16.9. The summed E-state index contributed by atoms with van der Waals surface area (Å²) >= 11 is 6.19. The molecule has 5 rings (SSSR count). The van der Waals surface area contributed by atoms with E-state index in [4.69, 9.17) is 16.9 Å². The highest BCUT2D eigenvalue weighted by Crippen LogP contribution is 2.37. The number of aromatic nitrogens is 3. The predicted molar refractivity (Wildman–Crippen MR) is 201 cm³/mol. The highest BCUT2D eigenvalue weighted by molar-refractivity contribution is 6.32. The Labute approximate surface area is 320 Å². The Balaban J connectivity index is 0.000000420. The molecule has 1 amide bonds. The zero-order valence-electron chi connectivity index (χ0n) is 30.5. The van der Waals surface area contributed by atoms with Crippen LogP contribution in [0.5, 0.6) is 0 Å². The summed E-state index contributed by atoms with van der Waals surface area (Å²) in [6, 6.07) is 20.1. The van der Waals surface area contributed by atoms with Gasteiger partial charge in [0.25, 0.3) is 5.91 Å². The number of alkyl halides is 5. The van der Waals surface area contributed by atoms with Crippen molar-refractivity contribution in [3.8, 4) is 11.9 Å². The molecular weight excluding hydrogens is 747 g/mol. The fourth-order valence-electron chi connectivity index (χ4n) is 5.27. The van der Waals surface area contributed by atoms with E-state index in [1.165, 1.54) is 61.6 Å². The SMILES string of the molecule is C=N/C(=N\NCc1cc(C(=O)Nc2c(C)cc(C#N)cc2C=O)n(-c2ncccc2Cl)n1)C(F)(F)C(F)(F)F.CC.CNC1CCN(Cc2ccccc2)C1. The number of hydrogen-bond donors (Lipinski definition) is 3. The molecule has 3 N–H and O–H groups in total. The molecule has 1 fully saturated rings. The number of carbonyl (C=O) groups is 2. The van der Waals surface area contributed by atoms with Crippen LogP contribution in [0.25, 0.3) is 5.82 Å². The number of amidine groups is 1. The molecular formula is C37H40ClF5N10O2. The van der Waals surface area contributed by atoms with E-state index in [9.17, 15) is 31.5 Å². The quantitative estimate of drug-likeness (QED) is 0.0485. The molecule has 1 unspecified atom stereocenters. The third-order valence-corrected chi connectivity index (χ3v) is 8.25. The Morgan fingerprint density at radius 2 is 1.84 bits per heavy atom. The van der Waals surface area contributed by atoms with E-state index in [1.54, 1.807) is 6.92 Å². The van der Waals surface area contributed by atoms with E-state index in [2.05, 4.69) is 79.8 Å². The van der Waals surface area contributed by atoms with Crippen molar-refractivity contribution in [2.24, 2.45) is 10.1 Å². The van der Waals surface area contributed by atoms with Gasteiger partial charge in [0, 0.05) is 37.4 Å². The van der Waals surface area contributed by atoms with Crippen LogP contribution in [-0.4, -0.2) is 82.7 Å². The number of halogens is 6. The summed E-state index contributed by atoms with van der Waals surface area (Å²) < 4.78 is 66.0. The number of nitrogens with zero attached hydrogens (tertiary/aromatic N) is 7. The average molecular weight is 787 g/mol. The van der Waals surface area contributed by atoms with Gasteiger partial charge in [0.15, 0.2) is 12.1 Å². The number of anilines is 1. The molecule has 55 heavy (non-hydrogen) atoms. The molecule has 3 heterocycles. The maximum absolute atomic E-state index is 13.5. The molecule has 2 aromatic heterocycles. The van der Waals surface area contributed by atoms with E-state index in [0.29, 0.717) is 17.9 Å². The normalized spacial score (nSPS) is 14.4. The first kappa shape index (κ1) is 43.8. The Kier molecular flexibility index (Phi) is 16.1. The Morgan fingerprint density at radius 3 is 2.42 bits per heavy atom. The minimum absolute atomic E-state index is 0.0109. The molecule has 0 aliphatic carbocycles. The third-order valence-electron chi connectivity index (χ3n) is 7.95. The average Bonchev–Trinajstić information content (AvgIpc) is 3.82. The Bertz CT molecular complexity index is 2000. The number of likely N-dealkylation sites (N-methyl/N-ethyl adjacent to an activating group) is 1. The van der Waals surface area contributed by atoms with Crippen molar-refractivity contribution in [1.82, 2.24) is 30.4 Å². The number of aryl methyl sites for hydroxylation is 1. The molecule has 1 saturated heterocycles. The maximum Gasteiger partial charge on any atom is 0.461 e. The van der Waals surface area contributed by atoms with Crippen molar-refractivity contribution in [2.75, 3.05) is 25.5 Å². The van der Waals surface area contributed by atoms with Gasteiger partial charge in [0.1, 0.15) is 5.69 Å². The minimum atomic E-state index is -5.96. The lowest BCUT2D eigenvalue weighted by Crippen LogP contribution is -2.44. The van der Waals surface area contributed by atoms with Crippen molar-refractivity contribution in [2.45, 2.75) is 58.4 Å². The smallest absolute Gasteiger partial charge is 0.320 e. The number of aliphatic imine (C=N–C) groups is 1. The van der Waals surface area contributed by atoms with E-state index in [1.807, 2.05) is 25.3 Å². The van der Waals surface area contributed by atoms with E-state index < -0.39 is 30.4 Å². The summed E-state index contributed by atoms with van der Waals surface area (Å²) in [4.78, 5) is 34.1. The van der Waals surface area contributed by atoms with Crippen LogP contribution in [0.2, 0.25) is 5.02 Å². The Morgan fingerprint density at radius 1 is 1.13 bits per heavy atom. The lowest BCUT2D eigenvalue weighted by atomic mass is 10.0. The molecule has 292 valence electrons. The molecule has 0 spiro atoms. The number of aldehydes is 1. The van der Waals surface area contributed by atoms with E-state index >= 15 is 0 Å². The fraction of sp³-hybridized carbons (Fsp3) is 0.324. The summed E-state index contributed by atoms with van der Waals surface area (Å²) in [6.45, 7) is 11.2. The third kappa shape index (κ3) is 11.5. The second-order valence-corrected chi connectivity index (χ2v) is 12.1. The molecule has 12 nitrogen and oxygen atoms in total. The second kappa shape index (κ2) is 20.2. The summed E-state index contributed by atoms with van der Waals surface area (Å²) in [5, 5.41) is 22.2. The van der Waals surface area contributed by atoms with Gasteiger partial charge in [0.05, 0.1) is 34.6 Å². The van der Waals surface area contributed by atoms with Gasteiger partial charge in [-0.25, -0.2) is 14.7 Å². The zero-order valence-corrected chi connectivity index (χ0v) is 31.2. The van der Waals surface area contributed by atoms with Crippen LogP contribution in [0.15, 0.2) is 77.0 Å². The number of benzene rings is 2. The molecule has 0 bridgehead atoms. The fourth-order valence-corrected chi connectivity index (χ4v) is 5.48. The number of hydrazone groups is 1. The number of carbonyl (C=O) groups excluding carboxylic acids is 2. The zero-order chi connectivity index (χ0) is 40.8. The van der Waals surface area contributed by atoms with Gasteiger partial charge in [-0.3, -0.25) is 14.5 Å². The van der Waals surface area contributed by atoms with Crippen LogP contribution >= 0.6 is 11.6 Å². The van der Waals surface area contributed by atoms with Gasteiger partial charge >= 0.3 is 12.1 Å². The molecule has 4 aromatic rings. The van der Waals surface area contributed by atoms with Crippen LogP contribution in [0.1, 0.15) is 63.5 Å². The molecule has 18 heteroatoms. The first-order chi connectivity index (χ1) is 26.2. The van der Waals surface area contributed by atoms with Gasteiger partial charge < -0.3 is 16.1 Å². The van der Waals surface area contributed by atoms with Crippen molar-refractivity contribution >= 4 is 42.0 Å². The minimum Gasteiger partial charge on any atom is -0.320 e. The molecule has 1 atom stereocenters. The number of nitrogens with one attached hydrogen (secondary N) is 3. The maximum atomic E-state index is 13.5. The van der Waals surface area contributed by atoms with Crippen LogP contribution < -0.4 is 16.1 Å². The lowest BCUT2D eigenvalue weighted by molar-refractivity contribution is -0.249. The van der Waals surface area contributed by atoms with Gasteiger partial charge in [-0.1, -0.05) is 55.8 Å². The number of likely N-dealkylation sites (tertiary alicyclic amines) is 1. The topological polar surface area (TPSA) is 153 Å². The molecule has 2 aromatic carbocycles. The number of pyridine rings is 1. The van der Waals surface area contributed by atoms with Crippen molar-refractivity contribution in [1.29, 1.82) is 5.26 Å². The molecule has 0 saturated carbocycles. The number of nitriles is 1. The highest BCUT2D eigenvalue weighted by Gasteiger charge is 2.62. The van der Waals surface area contributed by atoms with Gasteiger partial charge in [-0.2, -0.15) is 37.4 Å². The standard InChI is InChI=1S/C23H16ClF5N8O2.C12H18N2.C2H6/c1-12-6-13(9-30)7-14(11-38)18(12)34-20(39)17-8-15(36-37(17)19-16(24)4-3-5-32-19)10-33-35-21(31-2)22(25,26)23(27,28)29;1-13-12-7-8-14(10-12)9-11-5-3-2-4-6-11;1-2/h3-8,11,33H,2,10H2,1H3,(H,34,39);2-6,12-13H,7-10H2,1H3;1-2H3/b35-21-;;. The predicted octanol–water partition coefficient (Wildman–Crippen LogP) is 6.97. The molecule has 1 aliphatic rings. The van der Waals surface area contributed by atoms with E-state index in [-0.39, 0.29) is 39.0 Å². The lowest BCUT2D eigenvalue weighted by Gasteiger charge is -2.18. The largest absolute Gasteiger partial charge is 0.461 e. The monoisotopic (exact) mass is 786 g/mol. The van der Waals surface area contributed by atoms with Gasteiger partial charge in [-0.05, 0) is 68.6 Å². The van der Waals surface area contributed by atoms with Crippen LogP contribution in [-0.2, 0) is 13.1 Å². The summed E-state index contributed by atoms with van der Waals surface area (Å²) in [5.74, 6) is -8.11. The summed E-state index contributed by atoms with van der Waals surface area (Å²) in [5.41, 5.74) is 3.90. The second-order valence-electron chi connectivity index (χ2n) is 11.7. The van der Waals surface area contributed by atoms with Crippen molar-refractivity contribution < 1.29 is 31.5 Å². The van der Waals surface area contributed by atoms with Crippen molar-refractivity contribution in [3.63, 3.8) is 0 Å². The molecule has 0 radical (unpaired) electrons. The van der Waals surface area contributed by atoms with Crippen molar-refractivity contribution in [3.05, 3.63) is 106 Å². The number of hydrogen-bond acceptors (Lipinski definition) is 9. The van der Waals surface area contributed by atoms with Crippen LogP contribution in [0, 0.1) is 18.3 Å². The summed E-state index contributed by atoms with van der Waals surface area (Å²) in [7, 11) is 2.05. The van der Waals surface area contributed by atoms with Gasteiger partial charge in [0.2, 0.25) is 5.84 Å². The summed E-state index contributed by atoms with van der Waals surface area (Å²) in [6.07, 6.45) is -2.88. The number of rotatable bonds is 11. The van der Waals surface area contributed by atoms with Crippen LogP contribution in [0.3, 0.4) is 0 Å². The first-order valence-corrected chi connectivity index (χ1v) is 17.3. The molecule has 1 aliphatic heterocycles. The highest BCUT2D eigenvalue weighted by atomic mass is 35.5. The van der Waals surface area contributed by atoms with E-state index in [0.717, 1.165) is 11.2 Å².